The minimum atomic E-state index is -0.902. The number of hydrogen-bond acceptors (Lipinski definition) is 4. The number of ether oxygens (including phenoxy) is 1. The van der Waals surface area contributed by atoms with E-state index in [1.165, 1.54) is 0 Å². The number of carboxylic acids is 1. The normalized spacial score (nSPS) is 11.3. The smallest absolute Gasteiger partial charge is 0.313 e. The molecule has 0 amide bonds. The minimum absolute atomic E-state index is 0.516. The number of aromatic nitrogens is 3. The van der Waals surface area contributed by atoms with Gasteiger partial charge in [0, 0.05) is 6.20 Å². The van der Waals surface area contributed by atoms with Crippen molar-refractivity contribution >= 4 is 5.97 Å². The van der Waals surface area contributed by atoms with Gasteiger partial charge in [0.25, 0.3) is 0 Å². The summed E-state index contributed by atoms with van der Waals surface area (Å²) in [5.74, 6) is -0.0462. The number of nitrogens with zero attached hydrogens (tertiary/aromatic N) is 3. The van der Waals surface area contributed by atoms with Gasteiger partial charge in [0.1, 0.15) is 12.4 Å². The molecule has 0 aliphatic rings. The van der Waals surface area contributed by atoms with Gasteiger partial charge < -0.3 is 9.84 Å². The van der Waals surface area contributed by atoms with Crippen molar-refractivity contribution in [1.82, 2.24) is 15.0 Å². The zero-order valence-corrected chi connectivity index (χ0v) is 14.8. The van der Waals surface area contributed by atoms with Gasteiger partial charge in [-0.3, -0.25) is 4.79 Å². The van der Waals surface area contributed by atoms with Crippen molar-refractivity contribution < 1.29 is 14.6 Å². The van der Waals surface area contributed by atoms with Crippen LogP contribution in [0.5, 0.6) is 5.75 Å². The predicted octanol–water partition coefficient (Wildman–Crippen LogP) is 3.39. The maximum absolute atomic E-state index is 11.4. The lowest BCUT2D eigenvalue weighted by Crippen LogP contribution is -2.28. The second-order valence-corrected chi connectivity index (χ2v) is 6.55. The van der Waals surface area contributed by atoms with E-state index in [1.807, 2.05) is 48.5 Å². The third-order valence-electron chi connectivity index (χ3n) is 4.39. The summed E-state index contributed by atoms with van der Waals surface area (Å²) in [5, 5.41) is 17.0. The fraction of sp³-hybridized carbons (Fsp3) is 0.250. The van der Waals surface area contributed by atoms with Crippen LogP contribution in [-0.2, 0) is 16.8 Å². The molecular weight excluding hydrogens is 330 g/mol. The molecule has 0 atom stereocenters. The second kappa shape index (κ2) is 7.39. The molecule has 1 heterocycles. The first-order valence-electron chi connectivity index (χ1n) is 8.38. The van der Waals surface area contributed by atoms with Gasteiger partial charge in [-0.05, 0) is 42.7 Å². The molecule has 1 aromatic heterocycles. The molecule has 3 rings (SSSR count). The molecule has 1 N–H and O–H groups in total. The van der Waals surface area contributed by atoms with E-state index < -0.39 is 11.4 Å². The molecule has 0 fully saturated rings. The van der Waals surface area contributed by atoms with Gasteiger partial charge in [-0.1, -0.05) is 41.6 Å². The summed E-state index contributed by atoms with van der Waals surface area (Å²) in [5.41, 5.74) is 1.96. The Kier molecular flexibility index (Phi) is 5.02. The Hall–Kier alpha value is -3.15. The lowest BCUT2D eigenvalue weighted by molar-refractivity contribution is -0.142. The van der Waals surface area contributed by atoms with Gasteiger partial charge >= 0.3 is 5.97 Å². The Labute approximate surface area is 152 Å². The van der Waals surface area contributed by atoms with Crippen LogP contribution in [0.15, 0.2) is 60.9 Å². The van der Waals surface area contributed by atoms with Crippen molar-refractivity contribution in [3.63, 3.8) is 0 Å². The van der Waals surface area contributed by atoms with Crippen LogP contribution in [-0.4, -0.2) is 32.7 Å². The highest BCUT2D eigenvalue weighted by Crippen LogP contribution is 2.27. The van der Waals surface area contributed by atoms with Crippen molar-refractivity contribution in [2.45, 2.75) is 25.8 Å². The summed E-state index contributed by atoms with van der Waals surface area (Å²) in [7, 11) is 0. The highest BCUT2D eigenvalue weighted by molar-refractivity contribution is 5.80. The number of rotatable bonds is 7. The molecule has 0 saturated carbocycles. The molecule has 0 saturated heterocycles. The van der Waals surface area contributed by atoms with E-state index >= 15 is 0 Å². The van der Waals surface area contributed by atoms with Gasteiger partial charge in [0.05, 0.1) is 18.2 Å². The van der Waals surface area contributed by atoms with Crippen molar-refractivity contribution in [1.29, 1.82) is 0 Å². The lowest BCUT2D eigenvalue weighted by Gasteiger charge is -2.19. The molecule has 134 valence electrons. The van der Waals surface area contributed by atoms with Crippen molar-refractivity contribution in [3.05, 3.63) is 66.5 Å². The number of aliphatic carboxylic acids is 1. The van der Waals surface area contributed by atoms with E-state index in [4.69, 9.17) is 4.74 Å². The maximum atomic E-state index is 11.4. The van der Waals surface area contributed by atoms with E-state index in [9.17, 15) is 9.90 Å². The summed E-state index contributed by atoms with van der Waals surface area (Å²) in [4.78, 5) is 11.4. The van der Waals surface area contributed by atoms with Crippen LogP contribution in [0.1, 0.15) is 19.4 Å². The summed E-state index contributed by atoms with van der Waals surface area (Å²) in [6, 6.07) is 15.4. The first-order valence-corrected chi connectivity index (χ1v) is 8.38. The maximum Gasteiger partial charge on any atom is 0.313 e. The standard InChI is InChI=1S/C20H21N3O3/c1-20(2,19(24)25)17-7-3-15(4-8-17)16-5-9-18(10-6-16)26-14-13-23-12-11-21-22-23/h3-12H,13-14H2,1-2H3,(H,24,25). The number of carbonyl (C=O) groups is 1. The molecule has 6 heteroatoms. The van der Waals surface area contributed by atoms with Crippen LogP contribution >= 0.6 is 0 Å². The molecule has 26 heavy (non-hydrogen) atoms. The molecule has 6 nitrogen and oxygen atoms in total. The van der Waals surface area contributed by atoms with Crippen LogP contribution in [0.3, 0.4) is 0 Å². The van der Waals surface area contributed by atoms with Crippen LogP contribution in [0, 0.1) is 0 Å². The molecule has 0 spiro atoms. The third-order valence-corrected chi connectivity index (χ3v) is 4.39. The predicted molar refractivity (Wildman–Crippen MR) is 98.1 cm³/mol. The van der Waals surface area contributed by atoms with Crippen LogP contribution in [0.25, 0.3) is 11.1 Å². The SMILES string of the molecule is CC(C)(C(=O)O)c1ccc(-c2ccc(OCCn3ccnn3)cc2)cc1. The number of benzene rings is 2. The number of hydrogen-bond donors (Lipinski definition) is 1. The van der Waals surface area contributed by atoms with Gasteiger partial charge in [-0.2, -0.15) is 0 Å². The first-order chi connectivity index (χ1) is 12.5. The summed E-state index contributed by atoms with van der Waals surface area (Å²) in [6.45, 7) is 4.57. The van der Waals surface area contributed by atoms with Crippen molar-refractivity contribution in [2.24, 2.45) is 0 Å². The lowest BCUT2D eigenvalue weighted by atomic mass is 9.84. The average molecular weight is 351 g/mol. The molecular formula is C20H21N3O3. The fourth-order valence-corrected chi connectivity index (χ4v) is 2.56. The van der Waals surface area contributed by atoms with E-state index in [1.54, 1.807) is 30.9 Å². The molecule has 0 aliphatic carbocycles. The topological polar surface area (TPSA) is 77.2 Å². The largest absolute Gasteiger partial charge is 0.492 e. The number of carboxylic acid groups (broad SMARTS) is 1. The van der Waals surface area contributed by atoms with Gasteiger partial charge in [-0.25, -0.2) is 4.68 Å². The zero-order valence-electron chi connectivity index (χ0n) is 14.8. The van der Waals surface area contributed by atoms with E-state index in [0.717, 1.165) is 22.4 Å². The summed E-state index contributed by atoms with van der Waals surface area (Å²) >= 11 is 0. The van der Waals surface area contributed by atoms with Crippen LogP contribution < -0.4 is 4.74 Å². The minimum Gasteiger partial charge on any atom is -0.492 e. The summed E-state index contributed by atoms with van der Waals surface area (Å²) in [6.07, 6.45) is 3.43. The second-order valence-electron chi connectivity index (χ2n) is 6.55. The molecule has 0 bridgehead atoms. The average Bonchev–Trinajstić information content (AvgIpc) is 3.16. The fourth-order valence-electron chi connectivity index (χ4n) is 2.56. The van der Waals surface area contributed by atoms with Crippen LogP contribution in [0.2, 0.25) is 0 Å². The molecule has 3 aromatic rings. The monoisotopic (exact) mass is 351 g/mol. The highest BCUT2D eigenvalue weighted by atomic mass is 16.5. The van der Waals surface area contributed by atoms with E-state index in [-0.39, 0.29) is 0 Å². The molecule has 0 unspecified atom stereocenters. The van der Waals surface area contributed by atoms with Gasteiger partial charge in [-0.15, -0.1) is 5.10 Å². The van der Waals surface area contributed by atoms with E-state index in [2.05, 4.69) is 10.3 Å². The molecule has 0 radical (unpaired) electrons. The van der Waals surface area contributed by atoms with Gasteiger partial charge in [0.15, 0.2) is 0 Å². The molecule has 0 aliphatic heterocycles. The van der Waals surface area contributed by atoms with Crippen LogP contribution in [0.4, 0.5) is 0 Å². The van der Waals surface area contributed by atoms with Crippen molar-refractivity contribution in [3.8, 4) is 16.9 Å². The highest BCUT2D eigenvalue weighted by Gasteiger charge is 2.29. The Morgan fingerprint density at radius 1 is 1.08 bits per heavy atom. The summed E-state index contributed by atoms with van der Waals surface area (Å²) < 4.78 is 7.42. The zero-order chi connectivity index (χ0) is 18.6. The van der Waals surface area contributed by atoms with E-state index in [0.29, 0.717) is 13.2 Å². The van der Waals surface area contributed by atoms with Gasteiger partial charge in [0.2, 0.25) is 0 Å². The Bertz CT molecular complexity index is 854. The Morgan fingerprint density at radius 2 is 1.69 bits per heavy atom. The quantitative estimate of drug-likeness (QED) is 0.706. The Morgan fingerprint density at radius 3 is 2.23 bits per heavy atom. The molecule has 2 aromatic carbocycles. The Balaban J connectivity index is 1.63. The third kappa shape index (κ3) is 3.91. The first kappa shape index (κ1) is 17.7. The van der Waals surface area contributed by atoms with Crippen molar-refractivity contribution in [2.75, 3.05) is 6.61 Å².